The maximum atomic E-state index is 10.4. The van der Waals surface area contributed by atoms with Crippen LogP contribution in [0.25, 0.3) is 11.4 Å². The summed E-state index contributed by atoms with van der Waals surface area (Å²) in [5.74, 6) is 0. The highest BCUT2D eigenvalue weighted by Crippen LogP contribution is 2.14. The molecule has 4 aromatic carbocycles. The van der Waals surface area contributed by atoms with Crippen LogP contribution in [0.2, 0.25) is 0 Å². The van der Waals surface area contributed by atoms with Gasteiger partial charge in [-0.15, -0.1) is 0 Å². The first-order valence-corrected chi connectivity index (χ1v) is 29.4. The molecule has 0 radical (unpaired) electrons. The SMILES string of the molecule is Cc1cc[n+](C)c(-c2cc(C)cc[n+]2C)c1.Cc1cc[n+](CCC[n+]2ccc(C)cc2)cc1.Cc1ccc(S(=O)(=O)[O-])cc1.Cc1ccc(S(=O)(=O)[O-])cc1.Cc1ccc(S(=O)(=O)[O-])cc1.Cc1ccc(S(=O)(=O)[O-])cc1. The Morgan fingerprint density at radius 2 is 0.494 bits per heavy atom. The maximum Gasteiger partial charge on any atom is 0.277 e. The number of hydrogen-bond acceptors (Lipinski definition) is 12. The molecule has 8 aromatic rings. The Morgan fingerprint density at radius 1 is 0.299 bits per heavy atom. The van der Waals surface area contributed by atoms with E-state index in [2.05, 4.69) is 146 Å². The van der Waals surface area contributed by atoms with Gasteiger partial charge in [0.15, 0.2) is 50.3 Å². The molecule has 0 aliphatic rings. The summed E-state index contributed by atoms with van der Waals surface area (Å²) in [5, 5.41) is 0. The first-order chi connectivity index (χ1) is 35.8. The number of aromatic nitrogens is 4. The second-order valence-electron chi connectivity index (χ2n) is 18.0. The van der Waals surface area contributed by atoms with Crippen LogP contribution < -0.4 is 18.3 Å². The Kier molecular flexibility index (Phi) is 24.7. The van der Waals surface area contributed by atoms with Gasteiger partial charge in [-0.25, -0.2) is 42.8 Å². The molecule has 0 fully saturated rings. The van der Waals surface area contributed by atoms with Crippen LogP contribution in [0.15, 0.2) is 202 Å². The number of aryl methyl sites for hydroxylation is 12. The Balaban J connectivity index is 0.000000246. The molecule has 8 rings (SSSR count). The predicted molar refractivity (Wildman–Crippen MR) is 288 cm³/mol. The topological polar surface area (TPSA) is 244 Å². The van der Waals surface area contributed by atoms with Crippen molar-refractivity contribution in [1.29, 1.82) is 0 Å². The molecule has 410 valence electrons. The van der Waals surface area contributed by atoms with Crippen molar-refractivity contribution in [3.63, 3.8) is 0 Å². The quantitative estimate of drug-likeness (QED) is 0.103. The Hall–Kier alpha value is -6.88. The van der Waals surface area contributed by atoms with Crippen molar-refractivity contribution in [3.05, 3.63) is 227 Å². The third-order valence-electron chi connectivity index (χ3n) is 11.1. The van der Waals surface area contributed by atoms with E-state index in [1.54, 1.807) is 48.5 Å². The second-order valence-corrected chi connectivity index (χ2v) is 23.6. The van der Waals surface area contributed by atoms with E-state index in [4.69, 9.17) is 0 Å². The van der Waals surface area contributed by atoms with Gasteiger partial charge in [0.2, 0.25) is 0 Å². The van der Waals surface area contributed by atoms with Gasteiger partial charge in [0.25, 0.3) is 11.4 Å². The normalized spacial score (nSPS) is 11.0. The molecule has 4 heterocycles. The van der Waals surface area contributed by atoms with Gasteiger partial charge in [-0.2, -0.15) is 9.13 Å². The van der Waals surface area contributed by atoms with E-state index in [-0.39, 0.29) is 19.6 Å². The number of rotatable bonds is 9. The van der Waals surface area contributed by atoms with Crippen LogP contribution in [0.1, 0.15) is 50.9 Å². The molecule has 0 saturated carbocycles. The lowest BCUT2D eigenvalue weighted by atomic mass is 10.1. The van der Waals surface area contributed by atoms with E-state index in [0.29, 0.717) is 0 Å². The summed E-state index contributed by atoms with van der Waals surface area (Å²) in [6.45, 7) is 17.9. The molecule has 0 atom stereocenters. The molecule has 20 heteroatoms. The van der Waals surface area contributed by atoms with Crippen LogP contribution in [0.4, 0.5) is 0 Å². The second kappa shape index (κ2) is 29.6. The smallest absolute Gasteiger partial charge is 0.277 e. The molecule has 0 saturated heterocycles. The lowest BCUT2D eigenvalue weighted by Crippen LogP contribution is -2.38. The largest absolute Gasteiger partial charge is 0.744 e. The summed E-state index contributed by atoms with van der Waals surface area (Å²) in [5.41, 5.74) is 11.4. The third kappa shape index (κ3) is 24.3. The van der Waals surface area contributed by atoms with Crippen molar-refractivity contribution in [2.45, 2.75) is 94.5 Å². The summed E-state index contributed by atoms with van der Waals surface area (Å²) < 4.78 is 133. The molecule has 0 N–H and O–H groups in total. The van der Waals surface area contributed by atoms with Crippen LogP contribution in [-0.4, -0.2) is 51.9 Å². The van der Waals surface area contributed by atoms with Crippen molar-refractivity contribution in [3.8, 4) is 11.4 Å². The minimum Gasteiger partial charge on any atom is -0.744 e. The zero-order valence-corrected chi connectivity index (χ0v) is 48.0. The summed E-state index contributed by atoms with van der Waals surface area (Å²) >= 11 is 0. The first kappa shape index (κ1) is 64.4. The average molecular weight is 1130 g/mol. The summed E-state index contributed by atoms with van der Waals surface area (Å²) in [4.78, 5) is -0.711. The van der Waals surface area contributed by atoms with Crippen LogP contribution in [0.5, 0.6) is 0 Å². The highest BCUT2D eigenvalue weighted by Gasteiger charge is 2.19. The zero-order chi connectivity index (χ0) is 57.7. The molecule has 4 aromatic heterocycles. The van der Waals surface area contributed by atoms with Gasteiger partial charge >= 0.3 is 0 Å². The summed E-state index contributed by atoms with van der Waals surface area (Å²) in [6, 6.07) is 40.4. The van der Waals surface area contributed by atoms with E-state index in [1.165, 1.54) is 82.2 Å². The average Bonchev–Trinajstić information content (AvgIpc) is 3.35. The van der Waals surface area contributed by atoms with Gasteiger partial charge < -0.3 is 18.2 Å². The van der Waals surface area contributed by atoms with Crippen LogP contribution in [0, 0.1) is 55.4 Å². The highest BCUT2D eigenvalue weighted by atomic mass is 32.2. The monoisotopic (exact) mass is 1130 g/mol. The van der Waals surface area contributed by atoms with Crippen molar-refractivity contribution in [2.75, 3.05) is 0 Å². The number of pyridine rings is 4. The molecule has 0 spiro atoms. The number of nitrogens with zero attached hydrogens (tertiary/aromatic N) is 4. The van der Waals surface area contributed by atoms with E-state index >= 15 is 0 Å². The van der Waals surface area contributed by atoms with Crippen LogP contribution in [-0.2, 0) is 67.7 Å². The number of benzene rings is 4. The fourth-order valence-electron chi connectivity index (χ4n) is 6.48. The zero-order valence-electron chi connectivity index (χ0n) is 44.8. The fourth-order valence-corrected chi connectivity index (χ4v) is 8.35. The molecule has 0 aliphatic heterocycles. The van der Waals surface area contributed by atoms with E-state index < -0.39 is 40.5 Å². The standard InChI is InChI=1S/C15H20N2.C14H18N2.4C7H8O3S/c1-14-4-10-16(11-5-14)8-3-9-17-12-6-15(2)7-13-17;1-11-5-7-15(3)13(9-11)14-10-12(2)6-8-16(14)4;4*1-6-2-4-7(5-3-6)11(8,9)10/h4-7,10-13H,3,8-9H2,1-2H3;5-10H,1-4H3;4*2-5H,1H3,(H,8,9,10)/q2*+2;;;;/p-4. The van der Waals surface area contributed by atoms with Gasteiger partial charge in [0.05, 0.1) is 26.0 Å². The van der Waals surface area contributed by atoms with Gasteiger partial charge in [0, 0.05) is 48.5 Å². The van der Waals surface area contributed by atoms with Crippen molar-refractivity contribution in [2.24, 2.45) is 14.1 Å². The molecule has 0 unspecified atom stereocenters. The minimum absolute atomic E-state index is 0.178. The van der Waals surface area contributed by atoms with E-state index in [1.807, 2.05) is 27.7 Å². The van der Waals surface area contributed by atoms with E-state index in [0.717, 1.165) is 41.8 Å². The molecular formula is C57H66N4O12S4. The van der Waals surface area contributed by atoms with Crippen molar-refractivity contribution < 1.29 is 70.2 Å². The van der Waals surface area contributed by atoms with Crippen molar-refractivity contribution in [1.82, 2.24) is 0 Å². The molecule has 77 heavy (non-hydrogen) atoms. The Bertz CT molecular complexity index is 3210. The summed E-state index contributed by atoms with van der Waals surface area (Å²) in [7, 11) is -12.9. The molecular weight excluding hydrogens is 1060 g/mol. The molecule has 16 nitrogen and oxygen atoms in total. The van der Waals surface area contributed by atoms with Gasteiger partial charge in [-0.1, -0.05) is 70.8 Å². The van der Waals surface area contributed by atoms with Crippen molar-refractivity contribution >= 4 is 40.5 Å². The first-order valence-electron chi connectivity index (χ1n) is 23.8. The lowest BCUT2D eigenvalue weighted by molar-refractivity contribution is -0.727. The van der Waals surface area contributed by atoms with Crippen LogP contribution in [0.3, 0.4) is 0 Å². The van der Waals surface area contributed by atoms with Gasteiger partial charge in [-0.05, 0) is 126 Å². The van der Waals surface area contributed by atoms with E-state index in [9.17, 15) is 51.9 Å². The third-order valence-corrected chi connectivity index (χ3v) is 14.5. The summed E-state index contributed by atoms with van der Waals surface area (Å²) in [6.07, 6.45) is 14.0. The molecule has 0 bridgehead atoms. The number of hydrogen-bond donors (Lipinski definition) is 0. The Morgan fingerprint density at radius 3 is 0.701 bits per heavy atom. The fraction of sp³-hybridized carbons (Fsp3) is 0.228. The highest BCUT2D eigenvalue weighted by molar-refractivity contribution is 7.86. The Labute approximate surface area is 455 Å². The van der Waals surface area contributed by atoms with Crippen LogP contribution >= 0.6 is 0 Å². The molecule has 0 aliphatic carbocycles. The predicted octanol–water partition coefficient (Wildman–Crippen LogP) is 7.18. The van der Waals surface area contributed by atoms with Gasteiger partial charge in [-0.3, -0.25) is 0 Å². The van der Waals surface area contributed by atoms with Gasteiger partial charge in [0.1, 0.15) is 54.6 Å². The molecule has 0 amide bonds. The lowest BCUT2D eigenvalue weighted by Gasteiger charge is -2.05. The maximum absolute atomic E-state index is 10.4. The minimum atomic E-state index is -4.27.